The minimum absolute atomic E-state index is 0. The van der Waals surface area contributed by atoms with E-state index >= 15 is 0 Å². The van der Waals surface area contributed by atoms with Gasteiger partial charge >= 0.3 is 46.6 Å². The molecule has 0 aromatic carbocycles. The van der Waals surface area contributed by atoms with Gasteiger partial charge in [-0.15, -0.1) is 0 Å². The van der Waals surface area contributed by atoms with Gasteiger partial charge in [-0.25, -0.2) is 0 Å². The molecule has 0 aromatic rings. The standard InChI is InChI=1S/6CN.Fe.Mn.Na.H/c6*1-2;;;;/q6*-1;+6;;+1;-1. The van der Waals surface area contributed by atoms with Crippen molar-refractivity contribution in [2.75, 3.05) is 0 Å². The van der Waals surface area contributed by atoms with E-state index in [0.717, 1.165) is 0 Å². The maximum absolute atomic E-state index is 6.25. The molecule has 0 rings (SSSR count). The second-order valence-electron chi connectivity index (χ2n) is 0. The first kappa shape index (κ1) is 95.0. The molecule has 0 spiro atoms. The summed E-state index contributed by atoms with van der Waals surface area (Å²) in [5.74, 6) is 0. The Morgan fingerprint density at radius 1 is 0.467 bits per heavy atom. The van der Waals surface area contributed by atoms with Gasteiger partial charge in [-0.2, -0.15) is 0 Å². The van der Waals surface area contributed by atoms with Gasteiger partial charge in [0.15, 0.2) is 0 Å². The van der Waals surface area contributed by atoms with Crippen LogP contribution in [0.2, 0.25) is 0 Å². The molecule has 0 aliphatic carbocycles. The summed E-state index contributed by atoms with van der Waals surface area (Å²) in [6.07, 6.45) is 0. The summed E-state index contributed by atoms with van der Waals surface area (Å²) in [5, 5.41) is 37.5. The molecule has 6 nitrogen and oxygen atoms in total. The molecule has 0 atom stereocenters. The molecule has 0 bridgehead atoms. The molecular formula is C6HFeMnN6Na. The second-order valence-corrected chi connectivity index (χ2v) is 0. The molecule has 0 unspecified atom stereocenters. The molecule has 15 heavy (non-hydrogen) atoms. The molecule has 0 N–H and O–H groups in total. The van der Waals surface area contributed by atoms with E-state index in [-0.39, 0.29) is 65.1 Å². The average Bonchev–Trinajstić information content (AvgIpc) is 2.33. The molecular weight excluding hydrogens is 290 g/mol. The molecule has 0 amide bonds. The first-order chi connectivity index (χ1) is 6.00. The smallest absolute Gasteiger partial charge is 1.00 e. The molecule has 0 aliphatic heterocycles. The predicted octanol–water partition coefficient (Wildman–Crippen LogP) is -2.31. The zero-order valence-corrected chi connectivity index (χ0v) is 11.7. The Balaban J connectivity index is -0.00000000321. The van der Waals surface area contributed by atoms with Gasteiger partial charge in [0, 0.05) is 17.1 Å². The van der Waals surface area contributed by atoms with Gasteiger partial charge in [0.05, 0.1) is 0 Å². The van der Waals surface area contributed by atoms with Gasteiger partial charge in [-0.05, 0) is 0 Å². The largest absolute Gasteiger partial charge is 6.00 e. The predicted molar refractivity (Wildman–Crippen MR) is 30.9 cm³/mol. The van der Waals surface area contributed by atoms with E-state index < -0.39 is 0 Å². The minimum atomic E-state index is 0. The summed E-state index contributed by atoms with van der Waals surface area (Å²) < 4.78 is 0. The zero-order chi connectivity index (χ0) is 12.0. The maximum Gasteiger partial charge on any atom is 6.00 e. The molecule has 0 saturated heterocycles. The fourth-order valence-electron chi connectivity index (χ4n) is 0. The summed E-state index contributed by atoms with van der Waals surface area (Å²) >= 11 is 0. The van der Waals surface area contributed by atoms with E-state index in [1.807, 2.05) is 0 Å². The third kappa shape index (κ3) is 1500. The Hall–Kier alpha value is -1.02. The SMILES string of the molecule is [C-]#N.[C-]#N.[C-]#N.[C-]#N.[C-]#N.[C-]#N.[Fe+6].[H-].[Mn].[Na+]. The molecule has 0 aliphatic rings. The van der Waals surface area contributed by atoms with E-state index in [9.17, 15) is 0 Å². The zero-order valence-electron chi connectivity index (χ0n) is 8.41. The molecule has 71 valence electrons. The van der Waals surface area contributed by atoms with Crippen molar-refractivity contribution in [3.05, 3.63) is 39.4 Å². The topological polar surface area (TPSA) is 143 Å². The van der Waals surface area contributed by atoms with Crippen molar-refractivity contribution < 1.29 is 65.1 Å². The van der Waals surface area contributed by atoms with Gasteiger partial charge in [0.2, 0.25) is 0 Å². The van der Waals surface area contributed by atoms with Gasteiger partial charge in [0.1, 0.15) is 0 Å². The van der Waals surface area contributed by atoms with Crippen molar-refractivity contribution >= 4 is 0 Å². The van der Waals surface area contributed by atoms with Gasteiger partial charge < -0.3 is 72.4 Å². The van der Waals surface area contributed by atoms with Crippen molar-refractivity contribution in [2.45, 2.75) is 0 Å². The van der Waals surface area contributed by atoms with E-state index in [1.165, 1.54) is 0 Å². The number of hydrogen-bond acceptors (Lipinski definition) is 6. The fourth-order valence-corrected chi connectivity index (χ4v) is 0. The van der Waals surface area contributed by atoms with Gasteiger partial charge in [-0.3, -0.25) is 0 Å². The van der Waals surface area contributed by atoms with Crippen LogP contribution in [0.1, 0.15) is 1.43 Å². The fraction of sp³-hybridized carbons (Fsp3) is 0. The van der Waals surface area contributed by atoms with E-state index in [1.54, 1.807) is 0 Å². The van der Waals surface area contributed by atoms with E-state index in [2.05, 4.69) is 0 Å². The Labute approximate surface area is 135 Å². The molecule has 0 aromatic heterocycles. The molecule has 0 fully saturated rings. The number of rotatable bonds is 0. The van der Waals surface area contributed by atoms with Crippen molar-refractivity contribution in [1.82, 2.24) is 0 Å². The molecule has 0 heterocycles. The van der Waals surface area contributed by atoms with Gasteiger partial charge in [0.25, 0.3) is 0 Å². The van der Waals surface area contributed by atoms with Gasteiger partial charge in [-0.1, -0.05) is 0 Å². The quantitative estimate of drug-likeness (QED) is 0.362. The summed E-state index contributed by atoms with van der Waals surface area (Å²) in [6, 6.07) is 0. The normalized spacial score (nSPS) is 0.800. The molecule has 0 saturated carbocycles. The van der Waals surface area contributed by atoms with Crippen LogP contribution in [-0.4, -0.2) is 0 Å². The number of hydrogen-bond donors (Lipinski definition) is 0. The van der Waals surface area contributed by atoms with Crippen LogP contribution < -0.4 is 29.6 Å². The van der Waals surface area contributed by atoms with Crippen LogP contribution in [0, 0.1) is 71.0 Å². The second kappa shape index (κ2) is 1790. The monoisotopic (exact) mass is 291 g/mol. The molecule has 1 radical (unpaired) electrons. The van der Waals surface area contributed by atoms with Crippen LogP contribution in [0.3, 0.4) is 0 Å². The van der Waals surface area contributed by atoms with Crippen LogP contribution >= 0.6 is 0 Å². The Morgan fingerprint density at radius 2 is 0.467 bits per heavy atom. The van der Waals surface area contributed by atoms with E-state index in [4.69, 9.17) is 71.0 Å². The van der Waals surface area contributed by atoms with Crippen molar-refractivity contribution in [3.8, 4) is 0 Å². The average molecular weight is 291 g/mol. The summed E-state index contributed by atoms with van der Waals surface area (Å²) in [7, 11) is 0. The third-order valence-electron chi connectivity index (χ3n) is 0. The Bertz CT molecular complexity index is 108. The minimum Gasteiger partial charge on any atom is -1.00 e. The molecule has 9 heteroatoms. The third-order valence-corrected chi connectivity index (χ3v) is 0. The van der Waals surface area contributed by atoms with Crippen molar-refractivity contribution in [1.29, 1.82) is 31.6 Å². The number of nitrogens with zero attached hydrogens (tertiary/aromatic N) is 6. The summed E-state index contributed by atoms with van der Waals surface area (Å²) in [5.41, 5.74) is 0. The van der Waals surface area contributed by atoms with Crippen LogP contribution in [0.4, 0.5) is 0 Å². The summed E-state index contributed by atoms with van der Waals surface area (Å²) in [6.45, 7) is 28.5. The van der Waals surface area contributed by atoms with E-state index in [0.29, 0.717) is 0 Å². The van der Waals surface area contributed by atoms with Crippen molar-refractivity contribution in [2.24, 2.45) is 0 Å². The maximum atomic E-state index is 6.25. The first-order valence-corrected chi connectivity index (χ1v) is 1.34. The van der Waals surface area contributed by atoms with Crippen molar-refractivity contribution in [3.63, 3.8) is 0 Å². The Kier molecular flexibility index (Phi) is 11300. The van der Waals surface area contributed by atoms with Crippen LogP contribution in [0.15, 0.2) is 0 Å². The first-order valence-electron chi connectivity index (χ1n) is 1.34. The van der Waals surface area contributed by atoms with Crippen LogP contribution in [0.25, 0.3) is 0 Å². The Morgan fingerprint density at radius 3 is 0.467 bits per heavy atom. The van der Waals surface area contributed by atoms with Crippen LogP contribution in [-0.2, 0) is 34.1 Å². The summed E-state index contributed by atoms with van der Waals surface area (Å²) in [4.78, 5) is 0. The van der Waals surface area contributed by atoms with Crippen LogP contribution in [0.5, 0.6) is 0 Å².